The Morgan fingerprint density at radius 3 is 2.81 bits per heavy atom. The van der Waals surface area contributed by atoms with Gasteiger partial charge in [0, 0.05) is 17.5 Å². The molecule has 142 valence electrons. The monoisotopic (exact) mass is 363 g/mol. The average Bonchev–Trinajstić information content (AvgIpc) is 3.11. The fourth-order valence-electron chi connectivity index (χ4n) is 6.60. The van der Waals surface area contributed by atoms with Gasteiger partial charge in [0.2, 0.25) is 0 Å². The maximum Gasteiger partial charge on any atom is 0.150 e. The molecular weight excluding hydrogens is 334 g/mol. The lowest BCUT2D eigenvalue weighted by molar-refractivity contribution is -0.0523. The molecule has 3 nitrogen and oxygen atoms in total. The normalized spacial score (nSPS) is 30.3. The van der Waals surface area contributed by atoms with Gasteiger partial charge in [-0.15, -0.1) is 0 Å². The van der Waals surface area contributed by atoms with Gasteiger partial charge < -0.3 is 4.42 Å². The zero-order chi connectivity index (χ0) is 18.5. The second kappa shape index (κ2) is 6.34. The van der Waals surface area contributed by atoms with E-state index >= 15 is 0 Å². The lowest BCUT2D eigenvalue weighted by atomic mass is 9.46. The Kier molecular flexibility index (Phi) is 4.05. The van der Waals surface area contributed by atoms with Crippen molar-refractivity contribution in [2.75, 3.05) is 13.1 Å². The molecule has 1 aromatic heterocycles. The van der Waals surface area contributed by atoms with E-state index in [-0.39, 0.29) is 5.41 Å². The molecule has 2 atom stereocenters. The van der Waals surface area contributed by atoms with Crippen LogP contribution in [-0.2, 0) is 18.4 Å². The summed E-state index contributed by atoms with van der Waals surface area (Å²) in [6, 6.07) is 10.7. The van der Waals surface area contributed by atoms with Gasteiger partial charge in [-0.3, -0.25) is 9.69 Å². The number of hydrogen-bond donors (Lipinski definition) is 0. The number of carbonyl (C=O) groups is 1. The van der Waals surface area contributed by atoms with Gasteiger partial charge in [0.15, 0.2) is 0 Å². The Balaban J connectivity index is 1.52. The molecule has 1 aliphatic heterocycles. The summed E-state index contributed by atoms with van der Waals surface area (Å²) in [5, 5.41) is 0. The standard InChI is InChI=1S/C24H29NO2/c1-18-7-8-20(27-18)15-25-14-13-24-11-3-2-10-23(24,17-25)12-9-21-19(16-26)5-4-6-22(21)24/h4-8,16H,2-3,9-15,17H2,1H3. The number of aryl methyl sites for hydroxylation is 1. The van der Waals surface area contributed by atoms with Gasteiger partial charge in [0.1, 0.15) is 17.8 Å². The summed E-state index contributed by atoms with van der Waals surface area (Å²) < 4.78 is 5.86. The molecule has 2 fully saturated rings. The highest BCUT2D eigenvalue weighted by Gasteiger charge is 2.58. The maximum absolute atomic E-state index is 11.6. The van der Waals surface area contributed by atoms with E-state index in [1.165, 1.54) is 49.7 Å². The number of nitrogens with zero attached hydrogens (tertiary/aromatic N) is 1. The molecule has 2 aromatic rings. The van der Waals surface area contributed by atoms with Crippen LogP contribution in [0.25, 0.3) is 0 Å². The molecule has 3 aliphatic rings. The largest absolute Gasteiger partial charge is 0.465 e. The zero-order valence-corrected chi connectivity index (χ0v) is 16.3. The maximum atomic E-state index is 11.6. The van der Waals surface area contributed by atoms with Crippen molar-refractivity contribution in [2.24, 2.45) is 5.41 Å². The van der Waals surface area contributed by atoms with Gasteiger partial charge in [-0.05, 0) is 74.2 Å². The summed E-state index contributed by atoms with van der Waals surface area (Å²) in [6.45, 7) is 5.23. The predicted octanol–water partition coefficient (Wildman–Crippen LogP) is 5.05. The first-order valence-electron chi connectivity index (χ1n) is 10.5. The smallest absolute Gasteiger partial charge is 0.150 e. The van der Waals surface area contributed by atoms with Gasteiger partial charge in [-0.2, -0.15) is 0 Å². The van der Waals surface area contributed by atoms with Crippen LogP contribution in [0, 0.1) is 12.3 Å². The number of furan rings is 1. The topological polar surface area (TPSA) is 33.5 Å². The minimum Gasteiger partial charge on any atom is -0.465 e. The fraction of sp³-hybridized carbons (Fsp3) is 0.542. The summed E-state index contributed by atoms with van der Waals surface area (Å²) >= 11 is 0. The Morgan fingerprint density at radius 2 is 2.00 bits per heavy atom. The van der Waals surface area contributed by atoms with Crippen LogP contribution in [0.4, 0.5) is 0 Å². The van der Waals surface area contributed by atoms with Gasteiger partial charge in [-0.25, -0.2) is 0 Å². The van der Waals surface area contributed by atoms with Crippen molar-refractivity contribution >= 4 is 6.29 Å². The predicted molar refractivity (Wildman–Crippen MR) is 106 cm³/mol. The minimum atomic E-state index is 0.271. The van der Waals surface area contributed by atoms with Crippen LogP contribution in [0.1, 0.15) is 71.5 Å². The molecular formula is C24H29NO2. The number of piperidine rings is 1. The van der Waals surface area contributed by atoms with E-state index in [2.05, 4.69) is 29.2 Å². The molecule has 2 unspecified atom stereocenters. The summed E-state index contributed by atoms with van der Waals surface area (Å²) in [5.41, 5.74) is 4.41. The third kappa shape index (κ3) is 2.55. The number of fused-ring (bicyclic) bond motifs is 1. The number of aldehydes is 1. The highest BCUT2D eigenvalue weighted by Crippen LogP contribution is 2.62. The van der Waals surface area contributed by atoms with Crippen LogP contribution in [0.5, 0.6) is 0 Å². The second-order valence-electron chi connectivity index (χ2n) is 9.03. The minimum absolute atomic E-state index is 0.271. The third-order valence-electron chi connectivity index (χ3n) is 7.79. The van der Waals surface area contributed by atoms with Crippen molar-refractivity contribution in [3.8, 4) is 0 Å². The Labute approximate surface area is 161 Å². The number of carbonyl (C=O) groups excluding carboxylic acids is 1. The van der Waals surface area contributed by atoms with E-state index in [1.807, 2.05) is 13.0 Å². The SMILES string of the molecule is Cc1ccc(CN2CCC34CCCCC3(CCc3c(C=O)cccc34)C2)o1. The quantitative estimate of drug-likeness (QED) is 0.716. The number of hydrogen-bond acceptors (Lipinski definition) is 3. The van der Waals surface area contributed by atoms with Crippen LogP contribution in [0.2, 0.25) is 0 Å². The van der Waals surface area contributed by atoms with E-state index in [4.69, 9.17) is 4.42 Å². The molecule has 0 N–H and O–H groups in total. The molecule has 0 bridgehead atoms. The summed E-state index contributed by atoms with van der Waals surface area (Å²) in [6.07, 6.45) is 9.84. The lowest BCUT2D eigenvalue weighted by Gasteiger charge is -2.62. The molecule has 1 aromatic carbocycles. The first-order valence-corrected chi connectivity index (χ1v) is 10.5. The molecule has 0 radical (unpaired) electrons. The van der Waals surface area contributed by atoms with Crippen molar-refractivity contribution in [3.05, 3.63) is 58.5 Å². The first kappa shape index (κ1) is 17.2. The van der Waals surface area contributed by atoms with Crippen molar-refractivity contribution in [1.82, 2.24) is 4.90 Å². The van der Waals surface area contributed by atoms with Gasteiger partial charge >= 0.3 is 0 Å². The van der Waals surface area contributed by atoms with Crippen LogP contribution >= 0.6 is 0 Å². The summed E-state index contributed by atoms with van der Waals surface area (Å²) in [7, 11) is 0. The average molecular weight is 364 g/mol. The van der Waals surface area contributed by atoms with E-state index < -0.39 is 0 Å². The number of benzene rings is 1. The molecule has 5 rings (SSSR count). The van der Waals surface area contributed by atoms with Gasteiger partial charge in [0.05, 0.1) is 6.54 Å². The van der Waals surface area contributed by atoms with E-state index in [0.717, 1.165) is 49.4 Å². The summed E-state index contributed by atoms with van der Waals surface area (Å²) in [5.74, 6) is 2.09. The first-order chi connectivity index (χ1) is 13.2. The molecule has 1 saturated heterocycles. The third-order valence-corrected chi connectivity index (χ3v) is 7.79. The Morgan fingerprint density at radius 1 is 1.11 bits per heavy atom. The van der Waals surface area contributed by atoms with E-state index in [0.29, 0.717) is 5.41 Å². The fourth-order valence-corrected chi connectivity index (χ4v) is 6.60. The molecule has 0 amide bonds. The van der Waals surface area contributed by atoms with E-state index in [9.17, 15) is 4.79 Å². The zero-order valence-electron chi connectivity index (χ0n) is 16.3. The molecule has 0 spiro atoms. The van der Waals surface area contributed by atoms with Crippen molar-refractivity contribution in [1.29, 1.82) is 0 Å². The van der Waals surface area contributed by atoms with Crippen LogP contribution in [-0.4, -0.2) is 24.3 Å². The Bertz CT molecular complexity index is 869. The van der Waals surface area contributed by atoms with Gasteiger partial charge in [0.25, 0.3) is 0 Å². The van der Waals surface area contributed by atoms with Crippen LogP contribution in [0.15, 0.2) is 34.7 Å². The van der Waals surface area contributed by atoms with Crippen molar-refractivity contribution in [3.63, 3.8) is 0 Å². The van der Waals surface area contributed by atoms with Crippen molar-refractivity contribution < 1.29 is 9.21 Å². The highest BCUT2D eigenvalue weighted by molar-refractivity contribution is 5.78. The van der Waals surface area contributed by atoms with Crippen LogP contribution < -0.4 is 0 Å². The number of likely N-dealkylation sites (tertiary alicyclic amines) is 1. The molecule has 2 heterocycles. The molecule has 27 heavy (non-hydrogen) atoms. The van der Waals surface area contributed by atoms with Crippen molar-refractivity contribution in [2.45, 2.75) is 63.8 Å². The molecule has 3 heteroatoms. The molecule has 2 aliphatic carbocycles. The lowest BCUT2D eigenvalue weighted by Crippen LogP contribution is -2.61. The van der Waals surface area contributed by atoms with Crippen LogP contribution in [0.3, 0.4) is 0 Å². The summed E-state index contributed by atoms with van der Waals surface area (Å²) in [4.78, 5) is 14.3. The van der Waals surface area contributed by atoms with Gasteiger partial charge in [-0.1, -0.05) is 31.0 Å². The number of rotatable bonds is 3. The molecule has 1 saturated carbocycles. The van der Waals surface area contributed by atoms with E-state index in [1.54, 1.807) is 0 Å². The Hall–Kier alpha value is -1.87. The highest BCUT2D eigenvalue weighted by atomic mass is 16.3. The second-order valence-corrected chi connectivity index (χ2v) is 9.03.